The summed E-state index contributed by atoms with van der Waals surface area (Å²) < 4.78 is 0. The lowest BCUT2D eigenvalue weighted by Gasteiger charge is -2.22. The van der Waals surface area contributed by atoms with Gasteiger partial charge >= 0.3 is 5.97 Å². The van der Waals surface area contributed by atoms with Crippen molar-refractivity contribution in [2.24, 2.45) is 28.1 Å². The fourth-order valence-corrected chi connectivity index (χ4v) is 1.59. The molecule has 0 aliphatic carbocycles. The molecule has 0 bridgehead atoms. The summed E-state index contributed by atoms with van der Waals surface area (Å²) in [7, 11) is 0. The molecule has 8 nitrogen and oxygen atoms in total. The molecule has 116 valence electrons. The van der Waals surface area contributed by atoms with Gasteiger partial charge in [0.2, 0.25) is 5.91 Å². The van der Waals surface area contributed by atoms with Crippen LogP contribution in [0, 0.1) is 5.92 Å². The van der Waals surface area contributed by atoms with Gasteiger partial charge in [0.15, 0.2) is 5.96 Å². The Bertz CT molecular complexity index is 355. The first kappa shape index (κ1) is 18.2. The summed E-state index contributed by atoms with van der Waals surface area (Å²) >= 11 is 0. The second-order valence-corrected chi connectivity index (χ2v) is 4.77. The third-order valence-electron chi connectivity index (χ3n) is 3.08. The van der Waals surface area contributed by atoms with Crippen LogP contribution in [-0.4, -0.2) is 41.6 Å². The van der Waals surface area contributed by atoms with E-state index in [4.69, 9.17) is 22.3 Å². The number of carboxylic acid groups (broad SMARTS) is 1. The van der Waals surface area contributed by atoms with E-state index in [9.17, 15) is 9.59 Å². The van der Waals surface area contributed by atoms with Crippen LogP contribution < -0.4 is 22.5 Å². The zero-order valence-electron chi connectivity index (χ0n) is 12.0. The van der Waals surface area contributed by atoms with Crippen LogP contribution in [-0.2, 0) is 9.59 Å². The molecule has 8 heteroatoms. The van der Waals surface area contributed by atoms with Crippen molar-refractivity contribution in [1.82, 2.24) is 5.32 Å². The highest BCUT2D eigenvalue weighted by molar-refractivity contribution is 5.86. The summed E-state index contributed by atoms with van der Waals surface area (Å²) in [5, 5.41) is 11.5. The number of carbonyl (C=O) groups excluding carboxylic acids is 1. The lowest BCUT2D eigenvalue weighted by Crippen LogP contribution is -2.51. The molecule has 0 aromatic rings. The number of guanidine groups is 1. The number of nitrogens with two attached hydrogens (primary N) is 3. The molecule has 0 aromatic carbocycles. The number of aliphatic imine (C=N–C) groups is 1. The standard InChI is InChI=1S/C12H25N5O3/c1-3-7(2)9(11(19)20)17-10(18)8(13)5-4-6-16-12(14)15/h7-9H,3-6,13H2,1-2H3,(H,17,18)(H,19,20)(H4,14,15,16)/t7?,8-,9-/m1/s1. The van der Waals surface area contributed by atoms with Crippen molar-refractivity contribution in [2.45, 2.75) is 45.2 Å². The topological polar surface area (TPSA) is 157 Å². The fourth-order valence-electron chi connectivity index (χ4n) is 1.59. The first-order chi connectivity index (χ1) is 9.29. The fraction of sp³-hybridized carbons (Fsp3) is 0.750. The van der Waals surface area contributed by atoms with Gasteiger partial charge in [-0.05, 0) is 18.8 Å². The number of carbonyl (C=O) groups is 2. The van der Waals surface area contributed by atoms with Crippen LogP contribution in [0.2, 0.25) is 0 Å². The minimum absolute atomic E-state index is 0.00858. The summed E-state index contributed by atoms with van der Waals surface area (Å²) in [5.74, 6) is -1.70. The van der Waals surface area contributed by atoms with Gasteiger partial charge in [0, 0.05) is 6.54 Å². The number of hydrogen-bond donors (Lipinski definition) is 5. The van der Waals surface area contributed by atoms with E-state index in [1.165, 1.54) is 0 Å². The Hall–Kier alpha value is -1.83. The van der Waals surface area contributed by atoms with Gasteiger partial charge in [0.05, 0.1) is 6.04 Å². The van der Waals surface area contributed by atoms with Crippen molar-refractivity contribution in [3.8, 4) is 0 Å². The smallest absolute Gasteiger partial charge is 0.326 e. The number of hydrogen-bond acceptors (Lipinski definition) is 4. The van der Waals surface area contributed by atoms with Gasteiger partial charge < -0.3 is 27.6 Å². The second kappa shape index (κ2) is 9.13. The third kappa shape index (κ3) is 6.93. The van der Waals surface area contributed by atoms with Crippen molar-refractivity contribution < 1.29 is 14.7 Å². The van der Waals surface area contributed by atoms with Crippen molar-refractivity contribution in [3.63, 3.8) is 0 Å². The molecule has 0 rings (SSSR count). The first-order valence-electron chi connectivity index (χ1n) is 6.63. The van der Waals surface area contributed by atoms with Crippen molar-refractivity contribution in [3.05, 3.63) is 0 Å². The molecule has 0 aliphatic heterocycles. The quantitative estimate of drug-likeness (QED) is 0.207. The van der Waals surface area contributed by atoms with Crippen LogP contribution in [0.1, 0.15) is 33.1 Å². The molecule has 0 radical (unpaired) electrons. The van der Waals surface area contributed by atoms with Crippen LogP contribution in [0.15, 0.2) is 4.99 Å². The molecule has 1 unspecified atom stereocenters. The molecule has 0 spiro atoms. The zero-order chi connectivity index (χ0) is 15.7. The van der Waals surface area contributed by atoms with Gasteiger partial charge in [0.25, 0.3) is 0 Å². The third-order valence-corrected chi connectivity index (χ3v) is 3.08. The predicted molar refractivity (Wildman–Crippen MR) is 76.9 cm³/mol. The summed E-state index contributed by atoms with van der Waals surface area (Å²) in [4.78, 5) is 26.7. The summed E-state index contributed by atoms with van der Waals surface area (Å²) in [6.45, 7) is 4.02. The molecule has 8 N–H and O–H groups in total. The molecule has 0 heterocycles. The number of amides is 1. The normalized spacial score (nSPS) is 14.9. The Morgan fingerprint density at radius 1 is 1.35 bits per heavy atom. The molecular formula is C12H25N5O3. The Morgan fingerprint density at radius 3 is 2.40 bits per heavy atom. The molecule has 0 saturated heterocycles. The molecule has 0 fully saturated rings. The Morgan fingerprint density at radius 2 is 1.95 bits per heavy atom. The molecule has 3 atom stereocenters. The van der Waals surface area contributed by atoms with E-state index in [-0.39, 0.29) is 11.9 Å². The van der Waals surface area contributed by atoms with Crippen LogP contribution in [0.3, 0.4) is 0 Å². The number of carboxylic acids is 1. The van der Waals surface area contributed by atoms with E-state index in [0.29, 0.717) is 25.8 Å². The van der Waals surface area contributed by atoms with Crippen molar-refractivity contribution in [2.75, 3.05) is 6.54 Å². The molecular weight excluding hydrogens is 262 g/mol. The molecule has 0 saturated carbocycles. The lowest BCUT2D eigenvalue weighted by atomic mass is 9.98. The van der Waals surface area contributed by atoms with Crippen LogP contribution >= 0.6 is 0 Å². The van der Waals surface area contributed by atoms with E-state index in [1.807, 2.05) is 6.92 Å². The highest BCUT2D eigenvalue weighted by Crippen LogP contribution is 2.08. The minimum Gasteiger partial charge on any atom is -0.480 e. The van der Waals surface area contributed by atoms with Crippen LogP contribution in [0.4, 0.5) is 0 Å². The second-order valence-electron chi connectivity index (χ2n) is 4.77. The maximum atomic E-state index is 11.8. The predicted octanol–water partition coefficient (Wildman–Crippen LogP) is -1.02. The zero-order valence-corrected chi connectivity index (χ0v) is 12.0. The average molecular weight is 287 g/mol. The maximum absolute atomic E-state index is 11.8. The summed E-state index contributed by atoms with van der Waals surface area (Å²) in [5.41, 5.74) is 16.0. The van der Waals surface area contributed by atoms with Gasteiger partial charge in [-0.3, -0.25) is 9.79 Å². The molecule has 0 aliphatic rings. The van der Waals surface area contributed by atoms with Crippen molar-refractivity contribution in [1.29, 1.82) is 0 Å². The first-order valence-corrected chi connectivity index (χ1v) is 6.63. The molecule has 1 amide bonds. The van der Waals surface area contributed by atoms with Gasteiger partial charge in [0.1, 0.15) is 6.04 Å². The van der Waals surface area contributed by atoms with Crippen LogP contribution in [0.25, 0.3) is 0 Å². The highest BCUT2D eigenvalue weighted by atomic mass is 16.4. The SMILES string of the molecule is CCC(C)[C@@H](NC(=O)[C@H](N)CCCN=C(N)N)C(=O)O. The largest absolute Gasteiger partial charge is 0.480 e. The Kier molecular flexibility index (Phi) is 8.30. The van der Waals surface area contributed by atoms with E-state index in [0.717, 1.165) is 0 Å². The van der Waals surface area contributed by atoms with E-state index < -0.39 is 24.0 Å². The van der Waals surface area contributed by atoms with E-state index in [2.05, 4.69) is 10.3 Å². The monoisotopic (exact) mass is 287 g/mol. The number of nitrogens with one attached hydrogen (secondary N) is 1. The van der Waals surface area contributed by atoms with Gasteiger partial charge in [-0.2, -0.15) is 0 Å². The molecule has 20 heavy (non-hydrogen) atoms. The lowest BCUT2D eigenvalue weighted by molar-refractivity contribution is -0.143. The Balaban J connectivity index is 4.29. The van der Waals surface area contributed by atoms with Gasteiger partial charge in [-0.15, -0.1) is 0 Å². The average Bonchev–Trinajstić information content (AvgIpc) is 2.38. The summed E-state index contributed by atoms with van der Waals surface area (Å²) in [6, 6.07) is -1.69. The number of nitrogens with zero attached hydrogens (tertiary/aromatic N) is 1. The number of aliphatic carboxylic acids is 1. The van der Waals surface area contributed by atoms with E-state index >= 15 is 0 Å². The Labute approximate surface area is 118 Å². The minimum atomic E-state index is -1.06. The summed E-state index contributed by atoms with van der Waals surface area (Å²) in [6.07, 6.45) is 1.58. The van der Waals surface area contributed by atoms with Gasteiger partial charge in [-0.25, -0.2) is 4.79 Å². The highest BCUT2D eigenvalue weighted by Gasteiger charge is 2.27. The number of rotatable bonds is 9. The maximum Gasteiger partial charge on any atom is 0.326 e. The molecule has 0 aromatic heterocycles. The van der Waals surface area contributed by atoms with Crippen molar-refractivity contribution >= 4 is 17.8 Å². The van der Waals surface area contributed by atoms with Gasteiger partial charge in [-0.1, -0.05) is 20.3 Å². The van der Waals surface area contributed by atoms with E-state index in [1.54, 1.807) is 6.92 Å². The van der Waals surface area contributed by atoms with Crippen LogP contribution in [0.5, 0.6) is 0 Å².